The average molecular weight is 194 g/mol. The van der Waals surface area contributed by atoms with E-state index < -0.39 is 5.91 Å². The van der Waals surface area contributed by atoms with Gasteiger partial charge < -0.3 is 10.2 Å². The van der Waals surface area contributed by atoms with Crippen LogP contribution in [0.5, 0.6) is 0 Å². The Morgan fingerprint density at radius 2 is 2.46 bits per heavy atom. The van der Waals surface area contributed by atoms with Gasteiger partial charge in [-0.25, -0.2) is 4.98 Å². The molecule has 2 aromatic heterocycles. The summed E-state index contributed by atoms with van der Waals surface area (Å²) in [6, 6.07) is 3.55. The number of amides is 1. The third-order valence-corrected chi connectivity index (χ3v) is 2.35. The van der Waals surface area contributed by atoms with Gasteiger partial charge in [0, 0.05) is 5.38 Å². The van der Waals surface area contributed by atoms with Crippen LogP contribution in [0.4, 0.5) is 0 Å². The van der Waals surface area contributed by atoms with E-state index in [9.17, 15) is 4.79 Å². The van der Waals surface area contributed by atoms with Crippen LogP contribution in [-0.2, 0) is 0 Å². The van der Waals surface area contributed by atoms with Crippen LogP contribution in [0.2, 0.25) is 0 Å². The third-order valence-electron chi connectivity index (χ3n) is 1.49. The van der Waals surface area contributed by atoms with Gasteiger partial charge >= 0.3 is 0 Å². The van der Waals surface area contributed by atoms with Crippen molar-refractivity contribution in [3.8, 4) is 10.8 Å². The van der Waals surface area contributed by atoms with Crippen molar-refractivity contribution >= 4 is 17.2 Å². The highest BCUT2D eigenvalue weighted by molar-refractivity contribution is 7.13. The smallest absolute Gasteiger partial charge is 0.268 e. The van der Waals surface area contributed by atoms with E-state index in [1.54, 1.807) is 23.8 Å². The topological polar surface area (TPSA) is 69.1 Å². The van der Waals surface area contributed by atoms with E-state index in [4.69, 9.17) is 10.2 Å². The predicted octanol–water partition coefficient (Wildman–Crippen LogP) is 1.50. The molecule has 0 bridgehead atoms. The molecule has 0 aliphatic rings. The molecule has 2 aromatic rings. The summed E-state index contributed by atoms with van der Waals surface area (Å²) in [7, 11) is 0. The van der Waals surface area contributed by atoms with Crippen molar-refractivity contribution in [3.05, 3.63) is 29.5 Å². The van der Waals surface area contributed by atoms with Crippen LogP contribution in [0.1, 0.15) is 10.5 Å². The maximum absolute atomic E-state index is 10.7. The molecule has 0 aromatic carbocycles. The van der Waals surface area contributed by atoms with E-state index in [1.807, 2.05) is 0 Å². The van der Waals surface area contributed by atoms with E-state index in [2.05, 4.69) is 4.98 Å². The molecule has 66 valence electrons. The Morgan fingerprint density at radius 3 is 3.00 bits per heavy atom. The first-order valence-electron chi connectivity index (χ1n) is 3.56. The maximum atomic E-state index is 10.7. The second kappa shape index (κ2) is 3.02. The quantitative estimate of drug-likeness (QED) is 0.787. The molecule has 2 N–H and O–H groups in total. The molecule has 5 heteroatoms. The van der Waals surface area contributed by atoms with Crippen LogP contribution < -0.4 is 5.73 Å². The zero-order chi connectivity index (χ0) is 9.26. The number of primary amides is 1. The minimum atomic E-state index is -0.519. The number of nitrogens with two attached hydrogens (primary N) is 1. The molecular weight excluding hydrogens is 188 g/mol. The summed E-state index contributed by atoms with van der Waals surface area (Å²) >= 11 is 1.33. The number of carbonyl (C=O) groups is 1. The van der Waals surface area contributed by atoms with Crippen molar-refractivity contribution in [1.82, 2.24) is 4.98 Å². The zero-order valence-electron chi connectivity index (χ0n) is 6.56. The molecule has 0 saturated heterocycles. The van der Waals surface area contributed by atoms with Gasteiger partial charge in [0.2, 0.25) is 0 Å². The van der Waals surface area contributed by atoms with Crippen molar-refractivity contribution in [3.63, 3.8) is 0 Å². The summed E-state index contributed by atoms with van der Waals surface area (Å²) < 4.78 is 5.11. The van der Waals surface area contributed by atoms with E-state index in [0.29, 0.717) is 10.8 Å². The molecule has 2 heterocycles. The lowest BCUT2D eigenvalue weighted by Crippen LogP contribution is -2.10. The number of nitrogens with zero attached hydrogens (tertiary/aromatic N) is 1. The molecule has 0 spiro atoms. The number of thiazole rings is 1. The second-order valence-electron chi connectivity index (χ2n) is 2.38. The molecule has 2 rings (SSSR count). The van der Waals surface area contributed by atoms with Crippen LogP contribution in [0.25, 0.3) is 10.8 Å². The molecule has 0 radical (unpaired) electrons. The number of rotatable bonds is 2. The first-order valence-corrected chi connectivity index (χ1v) is 4.44. The highest BCUT2D eigenvalue weighted by Crippen LogP contribution is 2.23. The molecule has 0 aliphatic carbocycles. The largest absolute Gasteiger partial charge is 0.462 e. The fraction of sp³-hybridized carbons (Fsp3) is 0. The summed E-state index contributed by atoms with van der Waals surface area (Å²) in [5.74, 6) is 0.131. The van der Waals surface area contributed by atoms with Crippen LogP contribution in [0.15, 0.2) is 28.2 Å². The lowest BCUT2D eigenvalue weighted by molar-refractivity contribution is 0.0996. The molecule has 0 aliphatic heterocycles. The molecule has 4 nitrogen and oxygen atoms in total. The number of hydrogen-bond acceptors (Lipinski definition) is 4. The first-order chi connectivity index (χ1) is 6.27. The van der Waals surface area contributed by atoms with Gasteiger partial charge in [0.15, 0.2) is 10.8 Å². The number of furan rings is 1. The summed E-state index contributed by atoms with van der Waals surface area (Å²) in [6.45, 7) is 0. The molecule has 0 unspecified atom stereocenters. The van der Waals surface area contributed by atoms with Crippen molar-refractivity contribution in [2.45, 2.75) is 0 Å². The standard InChI is InChI=1S/C8H6N2O2S/c9-7(11)5-4-13-8(10-5)6-2-1-3-12-6/h1-4H,(H2,9,11). The van der Waals surface area contributed by atoms with Gasteiger partial charge in [0.05, 0.1) is 6.26 Å². The summed E-state index contributed by atoms with van der Waals surface area (Å²) in [5.41, 5.74) is 5.33. The third kappa shape index (κ3) is 1.46. The Kier molecular flexibility index (Phi) is 1.86. The van der Waals surface area contributed by atoms with Crippen LogP contribution in [-0.4, -0.2) is 10.9 Å². The summed E-state index contributed by atoms with van der Waals surface area (Å²) in [4.78, 5) is 14.7. The minimum absolute atomic E-state index is 0.274. The van der Waals surface area contributed by atoms with E-state index in [-0.39, 0.29) is 5.69 Å². The SMILES string of the molecule is NC(=O)c1csc(-c2ccco2)n1. The van der Waals surface area contributed by atoms with Gasteiger partial charge in [-0.1, -0.05) is 0 Å². The Morgan fingerprint density at radius 1 is 1.62 bits per heavy atom. The van der Waals surface area contributed by atoms with Crippen molar-refractivity contribution in [2.24, 2.45) is 5.73 Å². The molecule has 1 amide bonds. The number of hydrogen-bond donors (Lipinski definition) is 1. The van der Waals surface area contributed by atoms with Crippen LogP contribution >= 0.6 is 11.3 Å². The Hall–Kier alpha value is -1.62. The summed E-state index contributed by atoms with van der Waals surface area (Å²) in [6.07, 6.45) is 1.56. The average Bonchev–Trinajstić information content (AvgIpc) is 2.75. The van der Waals surface area contributed by atoms with Gasteiger partial charge in [0.1, 0.15) is 5.69 Å². The number of carbonyl (C=O) groups excluding carboxylic acids is 1. The molecule has 0 saturated carbocycles. The first kappa shape index (κ1) is 8.00. The molecular formula is C8H6N2O2S. The normalized spacial score (nSPS) is 10.2. The van der Waals surface area contributed by atoms with Gasteiger partial charge in [-0.2, -0.15) is 0 Å². The number of aromatic nitrogens is 1. The highest BCUT2D eigenvalue weighted by atomic mass is 32.1. The van der Waals surface area contributed by atoms with E-state index in [0.717, 1.165) is 0 Å². The lowest BCUT2D eigenvalue weighted by Gasteiger charge is -1.86. The van der Waals surface area contributed by atoms with Crippen molar-refractivity contribution in [2.75, 3.05) is 0 Å². The molecule has 0 fully saturated rings. The molecule has 0 atom stereocenters. The Bertz CT molecular complexity index is 419. The Balaban J connectivity index is 2.39. The highest BCUT2D eigenvalue weighted by Gasteiger charge is 2.09. The fourth-order valence-corrected chi connectivity index (χ4v) is 1.68. The van der Waals surface area contributed by atoms with E-state index >= 15 is 0 Å². The van der Waals surface area contributed by atoms with Crippen LogP contribution in [0.3, 0.4) is 0 Å². The van der Waals surface area contributed by atoms with Gasteiger partial charge in [-0.3, -0.25) is 4.79 Å². The van der Waals surface area contributed by atoms with E-state index in [1.165, 1.54) is 11.3 Å². The minimum Gasteiger partial charge on any atom is -0.462 e. The zero-order valence-corrected chi connectivity index (χ0v) is 7.38. The Labute approximate surface area is 78.0 Å². The fourth-order valence-electron chi connectivity index (χ4n) is 0.900. The summed E-state index contributed by atoms with van der Waals surface area (Å²) in [5, 5.41) is 2.28. The monoisotopic (exact) mass is 194 g/mol. The maximum Gasteiger partial charge on any atom is 0.268 e. The van der Waals surface area contributed by atoms with Crippen molar-refractivity contribution < 1.29 is 9.21 Å². The van der Waals surface area contributed by atoms with Crippen LogP contribution in [0, 0.1) is 0 Å². The molecule has 13 heavy (non-hydrogen) atoms. The van der Waals surface area contributed by atoms with Gasteiger partial charge in [-0.05, 0) is 12.1 Å². The van der Waals surface area contributed by atoms with Crippen molar-refractivity contribution in [1.29, 1.82) is 0 Å². The van der Waals surface area contributed by atoms with Gasteiger partial charge in [-0.15, -0.1) is 11.3 Å². The predicted molar refractivity (Wildman–Crippen MR) is 48.3 cm³/mol. The lowest BCUT2D eigenvalue weighted by atomic mass is 10.4. The second-order valence-corrected chi connectivity index (χ2v) is 3.24. The van der Waals surface area contributed by atoms with Gasteiger partial charge in [0.25, 0.3) is 5.91 Å².